The maximum Gasteiger partial charge on any atom is 0.339 e. The molecular weight excluding hydrogens is 346 g/mol. The van der Waals surface area contributed by atoms with Crippen LogP contribution in [-0.4, -0.2) is 32.2 Å². The van der Waals surface area contributed by atoms with E-state index < -0.39 is 5.97 Å². The standard InChI is InChI=1S/C21H23NO5/c1-25-18-12-11-14(13-19(18)27-15-7-3-4-8-15)20(23)22-17-10-6-5-9-16(17)21(24)26-2/h5-6,9-13,15H,3-4,7-8H2,1-2H3,(H,22,23). The second-order valence-electron chi connectivity index (χ2n) is 6.38. The summed E-state index contributed by atoms with van der Waals surface area (Å²) in [5.74, 6) is 0.294. The number of ether oxygens (including phenoxy) is 3. The lowest BCUT2D eigenvalue weighted by Crippen LogP contribution is -2.16. The molecule has 0 saturated heterocycles. The average molecular weight is 369 g/mol. The molecule has 27 heavy (non-hydrogen) atoms. The van der Waals surface area contributed by atoms with Gasteiger partial charge in [-0.15, -0.1) is 0 Å². The van der Waals surface area contributed by atoms with Gasteiger partial charge in [0.15, 0.2) is 11.5 Å². The van der Waals surface area contributed by atoms with Crippen LogP contribution in [0, 0.1) is 0 Å². The molecule has 0 unspecified atom stereocenters. The van der Waals surface area contributed by atoms with Crippen molar-refractivity contribution < 1.29 is 23.8 Å². The van der Waals surface area contributed by atoms with Gasteiger partial charge in [0.1, 0.15) is 0 Å². The van der Waals surface area contributed by atoms with E-state index >= 15 is 0 Å². The molecule has 0 heterocycles. The minimum atomic E-state index is -0.508. The molecule has 1 aliphatic carbocycles. The summed E-state index contributed by atoms with van der Waals surface area (Å²) in [6, 6.07) is 11.8. The van der Waals surface area contributed by atoms with Gasteiger partial charge < -0.3 is 19.5 Å². The molecule has 0 radical (unpaired) electrons. The van der Waals surface area contributed by atoms with Gasteiger partial charge in [-0.05, 0) is 56.0 Å². The topological polar surface area (TPSA) is 73.9 Å². The van der Waals surface area contributed by atoms with E-state index in [1.807, 2.05) is 0 Å². The molecule has 6 nitrogen and oxygen atoms in total. The Balaban J connectivity index is 1.82. The smallest absolute Gasteiger partial charge is 0.339 e. The molecule has 2 aromatic rings. The van der Waals surface area contributed by atoms with Crippen LogP contribution in [0.3, 0.4) is 0 Å². The Morgan fingerprint density at radius 1 is 1.00 bits per heavy atom. The van der Waals surface area contributed by atoms with Crippen molar-refractivity contribution in [3.8, 4) is 11.5 Å². The van der Waals surface area contributed by atoms with Gasteiger partial charge in [-0.1, -0.05) is 12.1 Å². The second kappa shape index (κ2) is 8.58. The number of benzene rings is 2. The molecule has 0 bridgehead atoms. The van der Waals surface area contributed by atoms with E-state index in [4.69, 9.17) is 14.2 Å². The predicted molar refractivity (Wildman–Crippen MR) is 102 cm³/mol. The van der Waals surface area contributed by atoms with E-state index in [0.717, 1.165) is 25.7 Å². The molecule has 1 fully saturated rings. The average Bonchev–Trinajstić information content (AvgIpc) is 3.20. The zero-order chi connectivity index (χ0) is 19.2. The fourth-order valence-corrected chi connectivity index (χ4v) is 3.17. The molecule has 6 heteroatoms. The number of esters is 1. The molecule has 1 amide bonds. The number of rotatable bonds is 6. The van der Waals surface area contributed by atoms with E-state index in [1.165, 1.54) is 7.11 Å². The number of hydrogen-bond acceptors (Lipinski definition) is 5. The van der Waals surface area contributed by atoms with Crippen molar-refractivity contribution in [3.05, 3.63) is 53.6 Å². The van der Waals surface area contributed by atoms with Crippen LogP contribution in [0.15, 0.2) is 42.5 Å². The number of hydrogen-bond donors (Lipinski definition) is 1. The Morgan fingerprint density at radius 2 is 1.74 bits per heavy atom. The van der Waals surface area contributed by atoms with Gasteiger partial charge in [0.05, 0.1) is 31.6 Å². The molecule has 2 aromatic carbocycles. The first kappa shape index (κ1) is 18.8. The van der Waals surface area contributed by atoms with E-state index in [-0.39, 0.29) is 12.0 Å². The summed E-state index contributed by atoms with van der Waals surface area (Å²) >= 11 is 0. The van der Waals surface area contributed by atoms with Gasteiger partial charge in [0.25, 0.3) is 5.91 Å². The number of amides is 1. The maximum atomic E-state index is 12.7. The summed E-state index contributed by atoms with van der Waals surface area (Å²) in [4.78, 5) is 24.6. The quantitative estimate of drug-likeness (QED) is 0.778. The van der Waals surface area contributed by atoms with E-state index in [2.05, 4.69) is 5.32 Å². The normalized spacial score (nSPS) is 13.9. The van der Waals surface area contributed by atoms with Crippen molar-refractivity contribution in [1.29, 1.82) is 0 Å². The van der Waals surface area contributed by atoms with Gasteiger partial charge in [-0.2, -0.15) is 0 Å². The third-order valence-electron chi connectivity index (χ3n) is 4.60. The van der Waals surface area contributed by atoms with Crippen LogP contribution < -0.4 is 14.8 Å². The number of nitrogens with one attached hydrogen (secondary N) is 1. The molecular formula is C21H23NO5. The highest BCUT2D eigenvalue weighted by molar-refractivity contribution is 6.08. The van der Waals surface area contributed by atoms with Crippen molar-refractivity contribution in [2.45, 2.75) is 31.8 Å². The van der Waals surface area contributed by atoms with E-state index in [0.29, 0.717) is 28.3 Å². The SMILES string of the molecule is COC(=O)c1ccccc1NC(=O)c1ccc(OC)c(OC2CCCC2)c1. The van der Waals surface area contributed by atoms with Crippen LogP contribution in [0.4, 0.5) is 5.69 Å². The van der Waals surface area contributed by atoms with Crippen molar-refractivity contribution in [2.24, 2.45) is 0 Å². The van der Waals surface area contributed by atoms with Crippen LogP contribution in [0.2, 0.25) is 0 Å². The summed E-state index contributed by atoms with van der Waals surface area (Å²) in [5.41, 5.74) is 1.11. The van der Waals surface area contributed by atoms with Crippen LogP contribution in [0.25, 0.3) is 0 Å². The van der Waals surface area contributed by atoms with Crippen molar-refractivity contribution >= 4 is 17.6 Å². The summed E-state index contributed by atoms with van der Waals surface area (Å²) in [6.45, 7) is 0. The summed E-state index contributed by atoms with van der Waals surface area (Å²) < 4.78 is 16.2. The highest BCUT2D eigenvalue weighted by Gasteiger charge is 2.20. The molecule has 1 aliphatic rings. The fraction of sp³-hybridized carbons (Fsp3) is 0.333. The fourth-order valence-electron chi connectivity index (χ4n) is 3.17. The summed E-state index contributed by atoms with van der Waals surface area (Å²) in [5, 5.41) is 2.76. The second-order valence-corrected chi connectivity index (χ2v) is 6.38. The molecule has 3 rings (SSSR count). The van der Waals surface area contributed by atoms with Crippen LogP contribution in [0.1, 0.15) is 46.4 Å². The molecule has 1 saturated carbocycles. The van der Waals surface area contributed by atoms with E-state index in [1.54, 1.807) is 49.6 Å². The third kappa shape index (κ3) is 4.39. The Morgan fingerprint density at radius 3 is 2.44 bits per heavy atom. The first-order chi connectivity index (χ1) is 13.1. The minimum absolute atomic E-state index is 0.150. The van der Waals surface area contributed by atoms with Gasteiger partial charge >= 0.3 is 5.97 Å². The molecule has 0 aliphatic heterocycles. The first-order valence-corrected chi connectivity index (χ1v) is 8.95. The van der Waals surface area contributed by atoms with Gasteiger partial charge in [0.2, 0.25) is 0 Å². The first-order valence-electron chi connectivity index (χ1n) is 8.95. The largest absolute Gasteiger partial charge is 0.493 e. The summed E-state index contributed by atoms with van der Waals surface area (Å²) in [7, 11) is 2.88. The zero-order valence-electron chi connectivity index (χ0n) is 15.5. The number of anilines is 1. The number of carbonyl (C=O) groups excluding carboxylic acids is 2. The highest BCUT2D eigenvalue weighted by Crippen LogP contribution is 2.32. The molecule has 0 spiro atoms. The van der Waals surface area contributed by atoms with Crippen LogP contribution in [0.5, 0.6) is 11.5 Å². The van der Waals surface area contributed by atoms with Gasteiger partial charge in [0, 0.05) is 5.56 Å². The lowest BCUT2D eigenvalue weighted by Gasteiger charge is -2.17. The highest BCUT2D eigenvalue weighted by atomic mass is 16.5. The van der Waals surface area contributed by atoms with Crippen molar-refractivity contribution in [1.82, 2.24) is 0 Å². The Labute approximate surface area is 158 Å². The van der Waals surface area contributed by atoms with E-state index in [9.17, 15) is 9.59 Å². The van der Waals surface area contributed by atoms with Crippen LogP contribution in [-0.2, 0) is 4.74 Å². The Bertz CT molecular complexity index is 827. The number of carbonyl (C=O) groups is 2. The molecule has 0 atom stereocenters. The predicted octanol–water partition coefficient (Wildman–Crippen LogP) is 4.06. The summed E-state index contributed by atoms with van der Waals surface area (Å²) in [6.07, 6.45) is 4.46. The number of methoxy groups -OCH3 is 2. The molecule has 1 N–H and O–H groups in total. The van der Waals surface area contributed by atoms with Crippen molar-refractivity contribution in [3.63, 3.8) is 0 Å². The zero-order valence-corrected chi connectivity index (χ0v) is 15.5. The van der Waals surface area contributed by atoms with Gasteiger partial charge in [-0.3, -0.25) is 4.79 Å². The molecule has 0 aromatic heterocycles. The lowest BCUT2D eigenvalue weighted by atomic mass is 10.1. The molecule has 142 valence electrons. The maximum absolute atomic E-state index is 12.7. The van der Waals surface area contributed by atoms with Crippen LogP contribution >= 0.6 is 0 Å². The monoisotopic (exact) mass is 369 g/mol. The van der Waals surface area contributed by atoms with Crippen molar-refractivity contribution in [2.75, 3.05) is 19.5 Å². The lowest BCUT2D eigenvalue weighted by molar-refractivity contribution is 0.0602. The number of para-hydroxylation sites is 1. The Kier molecular flexibility index (Phi) is 5.96. The van der Waals surface area contributed by atoms with Gasteiger partial charge in [-0.25, -0.2) is 4.79 Å². The minimum Gasteiger partial charge on any atom is -0.493 e. The third-order valence-corrected chi connectivity index (χ3v) is 4.60. The Hall–Kier alpha value is -3.02.